The number of rotatable bonds is 3. The summed E-state index contributed by atoms with van der Waals surface area (Å²) in [6.07, 6.45) is 1.54. The number of hydrogen-bond donors (Lipinski definition) is 2. The van der Waals surface area contributed by atoms with Gasteiger partial charge in [0, 0.05) is 16.9 Å². The molecule has 2 aromatic rings. The second-order valence-electron chi connectivity index (χ2n) is 4.58. The van der Waals surface area contributed by atoms with Crippen LogP contribution in [0.15, 0.2) is 29.3 Å². The molecule has 0 aliphatic rings. The zero-order valence-corrected chi connectivity index (χ0v) is 13.6. The van der Waals surface area contributed by atoms with Gasteiger partial charge in [0.1, 0.15) is 0 Å². The van der Waals surface area contributed by atoms with Crippen molar-refractivity contribution in [3.63, 3.8) is 0 Å². The molecule has 21 heavy (non-hydrogen) atoms. The van der Waals surface area contributed by atoms with Gasteiger partial charge in [-0.25, -0.2) is 13.4 Å². The Labute approximate surface area is 133 Å². The molecule has 0 spiro atoms. The van der Waals surface area contributed by atoms with Crippen molar-refractivity contribution < 1.29 is 8.42 Å². The summed E-state index contributed by atoms with van der Waals surface area (Å²) < 4.78 is 27.1. The smallest absolute Gasteiger partial charge is 0.262 e. The maximum Gasteiger partial charge on any atom is 0.262 e. The summed E-state index contributed by atoms with van der Waals surface area (Å²) in [5, 5.41) is 0.346. The van der Waals surface area contributed by atoms with Crippen molar-refractivity contribution in [3.05, 3.63) is 45.7 Å². The second kappa shape index (κ2) is 5.71. The molecule has 1 aromatic heterocycles. The Bertz CT molecular complexity index is 784. The summed E-state index contributed by atoms with van der Waals surface area (Å²) in [5.41, 5.74) is 7.66. The lowest BCUT2D eigenvalue weighted by Crippen LogP contribution is -2.14. The monoisotopic (exact) mass is 345 g/mol. The lowest BCUT2D eigenvalue weighted by molar-refractivity contribution is 0.601. The van der Waals surface area contributed by atoms with E-state index in [2.05, 4.69) is 9.71 Å². The molecule has 0 aliphatic carbocycles. The Kier molecular flexibility index (Phi) is 4.32. The van der Waals surface area contributed by atoms with E-state index in [0.29, 0.717) is 11.3 Å². The van der Waals surface area contributed by atoms with Crippen molar-refractivity contribution in [1.29, 1.82) is 0 Å². The van der Waals surface area contributed by atoms with Crippen LogP contribution in [0, 0.1) is 13.8 Å². The van der Waals surface area contributed by atoms with E-state index in [9.17, 15) is 8.42 Å². The molecule has 3 N–H and O–H groups in total. The van der Waals surface area contributed by atoms with E-state index in [1.54, 1.807) is 26.1 Å². The van der Waals surface area contributed by atoms with Gasteiger partial charge in [0.15, 0.2) is 5.15 Å². The molecule has 5 nitrogen and oxygen atoms in total. The van der Waals surface area contributed by atoms with Crippen LogP contribution in [-0.2, 0) is 10.0 Å². The van der Waals surface area contributed by atoms with Crippen molar-refractivity contribution in [2.45, 2.75) is 18.7 Å². The van der Waals surface area contributed by atoms with Crippen molar-refractivity contribution in [3.8, 4) is 0 Å². The number of anilines is 2. The lowest BCUT2D eigenvalue weighted by atomic mass is 10.2. The molecule has 0 saturated heterocycles. The Morgan fingerprint density at radius 1 is 1.19 bits per heavy atom. The first-order chi connectivity index (χ1) is 9.70. The Morgan fingerprint density at radius 3 is 2.48 bits per heavy atom. The molecule has 1 aromatic carbocycles. The van der Waals surface area contributed by atoms with Crippen LogP contribution in [0.3, 0.4) is 0 Å². The summed E-state index contributed by atoms with van der Waals surface area (Å²) >= 11 is 11.9. The number of benzene rings is 1. The first-order valence-corrected chi connectivity index (χ1v) is 8.15. The number of hydrogen-bond acceptors (Lipinski definition) is 4. The first kappa shape index (κ1) is 15.9. The van der Waals surface area contributed by atoms with Crippen LogP contribution >= 0.6 is 23.2 Å². The predicted molar refractivity (Wildman–Crippen MR) is 85.4 cm³/mol. The van der Waals surface area contributed by atoms with Gasteiger partial charge >= 0.3 is 0 Å². The summed E-state index contributed by atoms with van der Waals surface area (Å²) in [4.78, 5) is 3.86. The van der Waals surface area contributed by atoms with Crippen molar-refractivity contribution in [1.82, 2.24) is 4.98 Å². The van der Waals surface area contributed by atoms with Gasteiger partial charge in [0.25, 0.3) is 10.0 Å². The highest BCUT2D eigenvalue weighted by molar-refractivity contribution is 7.92. The van der Waals surface area contributed by atoms with Gasteiger partial charge in [-0.05, 0) is 43.2 Å². The normalized spacial score (nSPS) is 11.4. The molecule has 2 rings (SSSR count). The summed E-state index contributed by atoms with van der Waals surface area (Å²) in [5.74, 6) is 0. The van der Waals surface area contributed by atoms with Crippen LogP contribution in [0.1, 0.15) is 11.1 Å². The third kappa shape index (κ3) is 3.40. The van der Waals surface area contributed by atoms with Gasteiger partial charge in [0.05, 0.1) is 10.6 Å². The van der Waals surface area contributed by atoms with Crippen LogP contribution in [0.5, 0.6) is 0 Å². The number of sulfonamides is 1. The maximum absolute atomic E-state index is 12.4. The highest BCUT2D eigenvalue weighted by Crippen LogP contribution is 2.28. The summed E-state index contributed by atoms with van der Waals surface area (Å²) in [6.45, 7) is 3.49. The Balaban J connectivity index is 2.46. The number of nitrogen functional groups attached to an aromatic ring is 1. The van der Waals surface area contributed by atoms with Gasteiger partial charge in [-0.1, -0.05) is 23.2 Å². The molecule has 0 atom stereocenters. The number of aromatic nitrogens is 1. The molecule has 0 fully saturated rings. The number of nitrogens with two attached hydrogens (primary N) is 1. The van der Waals surface area contributed by atoms with Gasteiger partial charge < -0.3 is 5.73 Å². The third-order valence-corrected chi connectivity index (χ3v) is 4.93. The SMILES string of the molecule is Cc1cnc(Cl)c(NS(=O)(=O)c2cc(N)c(C)c(Cl)c2)c1. The highest BCUT2D eigenvalue weighted by atomic mass is 35.5. The lowest BCUT2D eigenvalue weighted by Gasteiger charge is -2.12. The Hall–Kier alpha value is -1.50. The molecule has 112 valence electrons. The standard InChI is InChI=1S/C13H13Cl2N3O2S/c1-7-3-12(13(15)17-6-7)18-21(19,20)9-4-10(14)8(2)11(16)5-9/h3-6,18H,16H2,1-2H3. The summed E-state index contributed by atoms with van der Waals surface area (Å²) in [7, 11) is -3.85. The zero-order valence-electron chi connectivity index (χ0n) is 11.3. The van der Waals surface area contributed by atoms with Gasteiger partial charge in [-0.2, -0.15) is 0 Å². The average Bonchev–Trinajstić information content (AvgIpc) is 2.39. The molecule has 0 amide bonds. The van der Waals surface area contributed by atoms with Crippen molar-refractivity contribution >= 4 is 44.6 Å². The Morgan fingerprint density at radius 2 is 1.86 bits per heavy atom. The molecule has 0 aliphatic heterocycles. The summed E-state index contributed by atoms with van der Waals surface area (Å²) in [6, 6.07) is 4.28. The largest absolute Gasteiger partial charge is 0.398 e. The molecule has 1 heterocycles. The van der Waals surface area contributed by atoms with Crippen LogP contribution in [0.25, 0.3) is 0 Å². The second-order valence-corrected chi connectivity index (χ2v) is 7.02. The molecule has 0 radical (unpaired) electrons. The van der Waals surface area contributed by atoms with E-state index in [1.165, 1.54) is 12.1 Å². The van der Waals surface area contributed by atoms with E-state index in [1.807, 2.05) is 0 Å². The predicted octanol–water partition coefficient (Wildman–Crippen LogP) is 3.39. The fourth-order valence-electron chi connectivity index (χ4n) is 1.66. The molecule has 0 bridgehead atoms. The van der Waals surface area contributed by atoms with Crippen molar-refractivity contribution in [2.24, 2.45) is 0 Å². The molecule has 0 unspecified atom stereocenters. The quantitative estimate of drug-likeness (QED) is 0.659. The van der Waals surface area contributed by atoms with Gasteiger partial charge in [0.2, 0.25) is 0 Å². The van der Waals surface area contributed by atoms with E-state index in [0.717, 1.165) is 5.56 Å². The topological polar surface area (TPSA) is 85.1 Å². The maximum atomic E-state index is 12.4. The first-order valence-electron chi connectivity index (χ1n) is 5.91. The minimum atomic E-state index is -3.85. The van der Waals surface area contributed by atoms with Gasteiger partial charge in [-0.15, -0.1) is 0 Å². The number of aryl methyl sites for hydroxylation is 1. The minimum absolute atomic E-state index is 0.0341. The van der Waals surface area contributed by atoms with E-state index in [4.69, 9.17) is 28.9 Å². The highest BCUT2D eigenvalue weighted by Gasteiger charge is 2.18. The van der Waals surface area contributed by atoms with Crippen LogP contribution in [0.4, 0.5) is 11.4 Å². The average molecular weight is 346 g/mol. The molecule has 0 saturated carbocycles. The number of pyridine rings is 1. The minimum Gasteiger partial charge on any atom is -0.398 e. The van der Waals surface area contributed by atoms with Crippen LogP contribution < -0.4 is 10.5 Å². The fraction of sp³-hybridized carbons (Fsp3) is 0.154. The van der Waals surface area contributed by atoms with E-state index < -0.39 is 10.0 Å². The van der Waals surface area contributed by atoms with E-state index >= 15 is 0 Å². The van der Waals surface area contributed by atoms with Gasteiger partial charge in [-0.3, -0.25) is 4.72 Å². The van der Waals surface area contributed by atoms with Crippen LogP contribution in [-0.4, -0.2) is 13.4 Å². The number of nitrogens with one attached hydrogen (secondary N) is 1. The third-order valence-electron chi connectivity index (χ3n) is 2.89. The number of nitrogens with zero attached hydrogens (tertiary/aromatic N) is 1. The van der Waals surface area contributed by atoms with Crippen molar-refractivity contribution in [2.75, 3.05) is 10.5 Å². The molecule has 8 heteroatoms. The zero-order chi connectivity index (χ0) is 15.8. The van der Waals surface area contributed by atoms with Crippen LogP contribution in [0.2, 0.25) is 10.2 Å². The number of halogens is 2. The molecular weight excluding hydrogens is 333 g/mol. The fourth-order valence-corrected chi connectivity index (χ4v) is 3.27. The van der Waals surface area contributed by atoms with E-state index in [-0.39, 0.29) is 20.8 Å². The molecular formula is C13H13Cl2N3O2S.